The number of rotatable bonds is 12. The lowest BCUT2D eigenvalue weighted by molar-refractivity contribution is 0.384. The van der Waals surface area contributed by atoms with Gasteiger partial charge in [-0.2, -0.15) is 0 Å². The van der Waals surface area contributed by atoms with E-state index in [2.05, 4.69) is 27.7 Å². The topological polar surface area (TPSA) is 78.1 Å². The van der Waals surface area contributed by atoms with Gasteiger partial charge in [-0.3, -0.25) is 28.3 Å². The standard InChI is InChI=1S/C24H34N2O4S2/c1-5-9-11-15(7-3)13-25-21(27)17-18(22(25)28)32-20-19(31-17)23(29)26(24(20)30)14-16(8-4)12-10-6-2/h15-16H,5-14H2,1-4H3. The van der Waals surface area contributed by atoms with Gasteiger partial charge in [0.05, 0.1) is 0 Å². The third-order valence-electron chi connectivity index (χ3n) is 6.55. The van der Waals surface area contributed by atoms with Gasteiger partial charge in [-0.05, 0) is 24.7 Å². The van der Waals surface area contributed by atoms with Crippen molar-refractivity contribution in [2.45, 2.75) is 92.2 Å². The molecular weight excluding hydrogens is 444 g/mol. The zero-order chi connectivity index (χ0) is 23.4. The van der Waals surface area contributed by atoms with Crippen LogP contribution in [-0.2, 0) is 13.1 Å². The van der Waals surface area contributed by atoms with Crippen LogP contribution < -0.4 is 22.2 Å². The molecule has 176 valence electrons. The Morgan fingerprint density at radius 3 is 1.16 bits per heavy atom. The quantitative estimate of drug-likeness (QED) is 0.366. The number of fused-ring (bicyclic) bond motifs is 2. The highest BCUT2D eigenvalue weighted by molar-refractivity contribution is 7.36. The van der Waals surface area contributed by atoms with Gasteiger partial charge in [-0.1, -0.05) is 66.2 Å². The van der Waals surface area contributed by atoms with Gasteiger partial charge in [-0.15, -0.1) is 22.7 Å². The first-order valence-electron chi connectivity index (χ1n) is 11.9. The number of hydrogen-bond acceptors (Lipinski definition) is 6. The van der Waals surface area contributed by atoms with Crippen molar-refractivity contribution in [3.05, 3.63) is 41.4 Å². The molecule has 0 bridgehead atoms. The van der Waals surface area contributed by atoms with E-state index in [0.717, 1.165) is 74.0 Å². The van der Waals surface area contributed by atoms with E-state index < -0.39 is 0 Å². The summed E-state index contributed by atoms with van der Waals surface area (Å²) in [4.78, 5) is 52.2. The monoisotopic (exact) mass is 478 g/mol. The van der Waals surface area contributed by atoms with Crippen LogP contribution in [0, 0.1) is 11.8 Å². The van der Waals surface area contributed by atoms with Gasteiger partial charge in [0, 0.05) is 13.1 Å². The normalized spacial score (nSPS) is 13.9. The zero-order valence-corrected chi connectivity index (χ0v) is 21.2. The van der Waals surface area contributed by atoms with Crippen molar-refractivity contribution in [3.8, 4) is 0 Å². The molecule has 2 unspecified atom stereocenters. The Morgan fingerprint density at radius 1 is 0.594 bits per heavy atom. The first-order valence-corrected chi connectivity index (χ1v) is 13.6. The van der Waals surface area contributed by atoms with Crippen LogP contribution >= 0.6 is 22.7 Å². The molecule has 3 rings (SSSR count). The second kappa shape index (κ2) is 10.9. The first-order chi connectivity index (χ1) is 15.4. The Morgan fingerprint density at radius 2 is 0.906 bits per heavy atom. The predicted octanol–water partition coefficient (Wildman–Crippen LogP) is 5.03. The van der Waals surface area contributed by atoms with Gasteiger partial charge in [0.25, 0.3) is 22.2 Å². The Kier molecular flexibility index (Phi) is 8.44. The molecule has 3 aromatic rings. The molecule has 0 aliphatic rings. The lowest BCUT2D eigenvalue weighted by atomic mass is 9.99. The van der Waals surface area contributed by atoms with Gasteiger partial charge in [0.1, 0.15) is 18.8 Å². The highest BCUT2D eigenvalue weighted by atomic mass is 32.1. The molecule has 3 heterocycles. The second-order valence-corrected chi connectivity index (χ2v) is 10.8. The Hall–Kier alpha value is -1.80. The van der Waals surface area contributed by atoms with Crippen molar-refractivity contribution >= 4 is 41.5 Å². The third-order valence-corrected chi connectivity index (χ3v) is 9.14. The van der Waals surface area contributed by atoms with Gasteiger partial charge < -0.3 is 0 Å². The van der Waals surface area contributed by atoms with Crippen LogP contribution in [0.3, 0.4) is 0 Å². The molecule has 0 fully saturated rings. The van der Waals surface area contributed by atoms with Crippen molar-refractivity contribution in [1.29, 1.82) is 0 Å². The maximum Gasteiger partial charge on any atom is 0.272 e. The van der Waals surface area contributed by atoms with Crippen LogP contribution in [0.2, 0.25) is 0 Å². The number of hydrogen-bond donors (Lipinski definition) is 0. The van der Waals surface area contributed by atoms with Crippen molar-refractivity contribution in [3.63, 3.8) is 0 Å². The highest BCUT2D eigenvalue weighted by Gasteiger charge is 2.23. The average Bonchev–Trinajstić information content (AvgIpc) is 3.17. The Bertz CT molecular complexity index is 1110. The molecule has 3 aromatic heterocycles. The summed E-state index contributed by atoms with van der Waals surface area (Å²) in [7, 11) is 0. The van der Waals surface area contributed by atoms with Gasteiger partial charge >= 0.3 is 0 Å². The average molecular weight is 479 g/mol. The third kappa shape index (κ3) is 4.76. The summed E-state index contributed by atoms with van der Waals surface area (Å²) in [5.41, 5.74) is -1.29. The summed E-state index contributed by atoms with van der Waals surface area (Å²) >= 11 is 2.05. The fourth-order valence-corrected chi connectivity index (χ4v) is 6.73. The summed E-state index contributed by atoms with van der Waals surface area (Å²) in [6.07, 6.45) is 8.05. The van der Waals surface area contributed by atoms with Crippen LogP contribution in [0.5, 0.6) is 0 Å². The van der Waals surface area contributed by atoms with E-state index in [0.29, 0.717) is 31.9 Å². The SMILES string of the molecule is CCCCC(CC)Cn1c(=O)c2sc3c(=O)n(CC(CC)CCCC)c(=O)c3sc2c1=O. The second-order valence-electron chi connectivity index (χ2n) is 8.80. The maximum absolute atomic E-state index is 13.1. The fourth-order valence-electron chi connectivity index (χ4n) is 4.31. The summed E-state index contributed by atoms with van der Waals surface area (Å²) < 4.78 is 3.88. The van der Waals surface area contributed by atoms with E-state index >= 15 is 0 Å². The number of aromatic nitrogens is 2. The maximum atomic E-state index is 13.1. The Labute approximate surface area is 195 Å². The summed E-state index contributed by atoms with van der Waals surface area (Å²) in [5.74, 6) is 0.540. The van der Waals surface area contributed by atoms with E-state index in [1.54, 1.807) is 0 Å². The molecule has 0 aliphatic carbocycles. The van der Waals surface area contributed by atoms with Gasteiger partial charge in [-0.25, -0.2) is 0 Å². The van der Waals surface area contributed by atoms with Crippen LogP contribution in [0.4, 0.5) is 0 Å². The van der Waals surface area contributed by atoms with Gasteiger partial charge in [0.15, 0.2) is 0 Å². The van der Waals surface area contributed by atoms with Crippen molar-refractivity contribution in [2.24, 2.45) is 11.8 Å². The summed E-state index contributed by atoms with van der Waals surface area (Å²) in [6.45, 7) is 9.21. The molecule has 8 heteroatoms. The molecular formula is C24H34N2O4S2. The van der Waals surface area contributed by atoms with E-state index in [1.807, 2.05) is 0 Å². The number of unbranched alkanes of at least 4 members (excludes halogenated alkanes) is 2. The minimum Gasteiger partial charge on any atom is -0.273 e. The summed E-state index contributed by atoms with van der Waals surface area (Å²) in [6, 6.07) is 0. The molecule has 0 N–H and O–H groups in total. The van der Waals surface area contributed by atoms with Crippen molar-refractivity contribution in [2.75, 3.05) is 0 Å². The molecule has 0 spiro atoms. The molecule has 0 saturated carbocycles. The minimum atomic E-state index is -0.322. The smallest absolute Gasteiger partial charge is 0.272 e. The molecule has 0 amide bonds. The zero-order valence-electron chi connectivity index (χ0n) is 19.6. The molecule has 0 radical (unpaired) electrons. The molecule has 0 saturated heterocycles. The lowest BCUT2D eigenvalue weighted by Gasteiger charge is -2.13. The highest BCUT2D eigenvalue weighted by Crippen LogP contribution is 2.27. The number of nitrogens with zero attached hydrogens (tertiary/aromatic N) is 2. The van der Waals surface area contributed by atoms with E-state index in [4.69, 9.17) is 0 Å². The fraction of sp³-hybridized carbons (Fsp3) is 0.667. The molecule has 0 aromatic carbocycles. The van der Waals surface area contributed by atoms with Gasteiger partial charge in [0.2, 0.25) is 0 Å². The molecule has 0 aliphatic heterocycles. The molecule has 32 heavy (non-hydrogen) atoms. The predicted molar refractivity (Wildman–Crippen MR) is 136 cm³/mol. The van der Waals surface area contributed by atoms with E-state index in [9.17, 15) is 19.2 Å². The van der Waals surface area contributed by atoms with Crippen LogP contribution in [0.15, 0.2) is 19.2 Å². The van der Waals surface area contributed by atoms with Crippen LogP contribution in [0.1, 0.15) is 79.1 Å². The summed E-state index contributed by atoms with van der Waals surface area (Å²) in [5, 5.41) is 0. The van der Waals surface area contributed by atoms with E-state index in [-0.39, 0.29) is 34.1 Å². The Balaban J connectivity index is 2.06. The van der Waals surface area contributed by atoms with Crippen molar-refractivity contribution < 1.29 is 0 Å². The minimum absolute atomic E-state index is 0.270. The van der Waals surface area contributed by atoms with Crippen LogP contribution in [0.25, 0.3) is 18.8 Å². The van der Waals surface area contributed by atoms with Crippen LogP contribution in [-0.4, -0.2) is 9.13 Å². The first kappa shape index (κ1) is 24.8. The van der Waals surface area contributed by atoms with Crippen molar-refractivity contribution in [1.82, 2.24) is 9.13 Å². The molecule has 6 nitrogen and oxygen atoms in total. The molecule has 2 atom stereocenters. The lowest BCUT2D eigenvalue weighted by Crippen LogP contribution is -2.29. The largest absolute Gasteiger partial charge is 0.273 e. The van der Waals surface area contributed by atoms with E-state index in [1.165, 1.54) is 9.13 Å².